The molecule has 0 aliphatic heterocycles. The molecular formula is C11H23N3O4S. The van der Waals surface area contributed by atoms with Crippen molar-refractivity contribution in [3.05, 3.63) is 0 Å². The number of hydrogen-bond acceptors (Lipinski definition) is 5. The van der Waals surface area contributed by atoms with Crippen LogP contribution in [0.5, 0.6) is 0 Å². The van der Waals surface area contributed by atoms with Gasteiger partial charge >= 0.3 is 16.3 Å². The monoisotopic (exact) mass is 293 g/mol. The van der Waals surface area contributed by atoms with Gasteiger partial charge in [-0.1, -0.05) is 25.7 Å². The summed E-state index contributed by atoms with van der Waals surface area (Å²) in [5, 5.41) is 0. The first-order valence-electron chi connectivity index (χ1n) is 6.43. The summed E-state index contributed by atoms with van der Waals surface area (Å²) in [7, 11) is -1.35. The van der Waals surface area contributed by atoms with Gasteiger partial charge < -0.3 is 10.5 Å². The van der Waals surface area contributed by atoms with Gasteiger partial charge in [0.15, 0.2) is 0 Å². The summed E-state index contributed by atoms with van der Waals surface area (Å²) in [6, 6.07) is 0. The predicted octanol–water partition coefficient (Wildman–Crippen LogP) is 0.571. The third-order valence-corrected chi connectivity index (χ3v) is 5.37. The van der Waals surface area contributed by atoms with Crippen LogP contribution in [0.25, 0.3) is 0 Å². The van der Waals surface area contributed by atoms with Gasteiger partial charge in [0.1, 0.15) is 0 Å². The highest BCUT2D eigenvalue weighted by Gasteiger charge is 2.40. The number of likely N-dealkylation sites (N-methyl/N-ethyl adjacent to an activating group) is 1. The largest absolute Gasteiger partial charge is 0.452 e. The molecule has 0 spiro atoms. The topological polar surface area (TPSA) is 102 Å². The lowest BCUT2D eigenvalue weighted by Gasteiger charge is -2.39. The number of nitrogens with two attached hydrogens (primary N) is 1. The minimum Gasteiger partial charge on any atom is -0.452 e. The third kappa shape index (κ3) is 3.80. The van der Waals surface area contributed by atoms with Crippen LogP contribution in [0.3, 0.4) is 0 Å². The lowest BCUT2D eigenvalue weighted by atomic mass is 9.90. The van der Waals surface area contributed by atoms with Gasteiger partial charge in [0.2, 0.25) is 0 Å². The van der Waals surface area contributed by atoms with Crippen LogP contribution >= 0.6 is 0 Å². The van der Waals surface area contributed by atoms with Gasteiger partial charge in [0, 0.05) is 19.1 Å². The molecule has 0 bridgehead atoms. The van der Waals surface area contributed by atoms with E-state index in [4.69, 9.17) is 5.73 Å². The quantitative estimate of drug-likeness (QED) is 0.738. The van der Waals surface area contributed by atoms with Crippen LogP contribution in [0.15, 0.2) is 0 Å². The van der Waals surface area contributed by atoms with Gasteiger partial charge in [-0.15, -0.1) is 0 Å². The molecule has 0 radical (unpaired) electrons. The van der Waals surface area contributed by atoms with Crippen molar-refractivity contribution in [3.63, 3.8) is 0 Å². The highest BCUT2D eigenvalue weighted by Crippen LogP contribution is 2.32. The molecule has 0 atom stereocenters. The molecule has 1 amide bonds. The molecule has 1 fully saturated rings. The number of rotatable bonds is 4. The second-order valence-electron chi connectivity index (χ2n) is 4.91. The zero-order valence-electron chi connectivity index (χ0n) is 11.5. The first-order valence-corrected chi connectivity index (χ1v) is 7.87. The number of carbonyl (C=O) groups excluding carboxylic acids is 1. The molecular weight excluding hydrogens is 270 g/mol. The fourth-order valence-electron chi connectivity index (χ4n) is 2.50. The molecule has 8 heteroatoms. The molecule has 7 nitrogen and oxygen atoms in total. The lowest BCUT2D eigenvalue weighted by Crippen LogP contribution is -2.57. The van der Waals surface area contributed by atoms with E-state index in [1.54, 1.807) is 0 Å². The molecule has 0 unspecified atom stereocenters. The van der Waals surface area contributed by atoms with Gasteiger partial charge in [0.05, 0.1) is 7.11 Å². The SMILES string of the molecule is COC(=O)NS(=O)(=O)N(C)C1(CN)CCCCCC1. The summed E-state index contributed by atoms with van der Waals surface area (Å²) in [6.07, 6.45) is 4.47. The molecule has 0 aromatic rings. The van der Waals surface area contributed by atoms with Crippen LogP contribution in [-0.2, 0) is 14.9 Å². The van der Waals surface area contributed by atoms with E-state index in [0.29, 0.717) is 12.8 Å². The van der Waals surface area contributed by atoms with Crippen molar-refractivity contribution in [3.8, 4) is 0 Å². The van der Waals surface area contributed by atoms with E-state index in [0.717, 1.165) is 32.8 Å². The highest BCUT2D eigenvalue weighted by atomic mass is 32.2. The average Bonchev–Trinajstić information content (AvgIpc) is 2.63. The molecule has 3 N–H and O–H groups in total. The fourth-order valence-corrected chi connectivity index (χ4v) is 3.70. The van der Waals surface area contributed by atoms with Gasteiger partial charge in [-0.3, -0.25) is 0 Å². The Morgan fingerprint density at radius 2 is 1.84 bits per heavy atom. The molecule has 1 rings (SSSR count). The van der Waals surface area contributed by atoms with E-state index >= 15 is 0 Å². The second-order valence-corrected chi connectivity index (χ2v) is 6.61. The number of methoxy groups -OCH3 is 1. The molecule has 19 heavy (non-hydrogen) atoms. The minimum atomic E-state index is -3.93. The molecule has 0 aromatic carbocycles. The maximum atomic E-state index is 12.1. The number of hydrogen-bond donors (Lipinski definition) is 2. The average molecular weight is 293 g/mol. The van der Waals surface area contributed by atoms with Crippen LogP contribution < -0.4 is 10.5 Å². The number of carbonyl (C=O) groups is 1. The van der Waals surface area contributed by atoms with E-state index in [2.05, 4.69) is 4.74 Å². The third-order valence-electron chi connectivity index (χ3n) is 3.84. The Hall–Kier alpha value is -0.860. The zero-order chi connectivity index (χ0) is 14.5. The van der Waals surface area contributed by atoms with Gasteiger partial charge in [-0.2, -0.15) is 12.7 Å². The Labute approximate surface area is 114 Å². The van der Waals surface area contributed by atoms with E-state index in [1.165, 1.54) is 11.4 Å². The Morgan fingerprint density at radius 1 is 1.32 bits per heavy atom. The van der Waals surface area contributed by atoms with Crippen molar-refractivity contribution in [1.82, 2.24) is 9.03 Å². The van der Waals surface area contributed by atoms with Gasteiger partial charge in [0.25, 0.3) is 0 Å². The Balaban J connectivity index is 2.93. The smallest absolute Gasteiger partial charge is 0.421 e. The van der Waals surface area contributed by atoms with E-state index in [-0.39, 0.29) is 6.54 Å². The van der Waals surface area contributed by atoms with Crippen molar-refractivity contribution < 1.29 is 17.9 Å². The number of ether oxygens (including phenoxy) is 1. The summed E-state index contributed by atoms with van der Waals surface area (Å²) in [6.45, 7) is 0.242. The maximum Gasteiger partial charge on any atom is 0.421 e. The van der Waals surface area contributed by atoms with Crippen molar-refractivity contribution in [2.24, 2.45) is 5.73 Å². The van der Waals surface area contributed by atoms with Crippen molar-refractivity contribution in [2.75, 3.05) is 20.7 Å². The minimum absolute atomic E-state index is 0.242. The lowest BCUT2D eigenvalue weighted by molar-refractivity contribution is 0.171. The Morgan fingerprint density at radius 3 is 2.26 bits per heavy atom. The molecule has 1 aliphatic rings. The summed E-state index contributed by atoms with van der Waals surface area (Å²) in [5.74, 6) is 0. The van der Waals surface area contributed by atoms with Crippen LogP contribution in [-0.4, -0.2) is 45.1 Å². The Kier molecular flexibility index (Phi) is 5.57. The van der Waals surface area contributed by atoms with Gasteiger partial charge in [-0.05, 0) is 12.8 Å². The number of nitrogens with one attached hydrogen (secondary N) is 1. The predicted molar refractivity (Wildman–Crippen MR) is 71.7 cm³/mol. The zero-order valence-corrected chi connectivity index (χ0v) is 12.3. The van der Waals surface area contributed by atoms with E-state index < -0.39 is 21.8 Å². The first kappa shape index (κ1) is 16.2. The number of amides is 1. The highest BCUT2D eigenvalue weighted by molar-refractivity contribution is 7.87. The molecule has 0 aromatic heterocycles. The normalized spacial score (nSPS) is 19.8. The summed E-state index contributed by atoms with van der Waals surface area (Å²) >= 11 is 0. The van der Waals surface area contributed by atoms with Crippen LogP contribution in [0.2, 0.25) is 0 Å². The Bertz CT molecular complexity index is 402. The summed E-state index contributed by atoms with van der Waals surface area (Å²) in [4.78, 5) is 11.1. The van der Waals surface area contributed by atoms with Crippen LogP contribution in [0.1, 0.15) is 38.5 Å². The second kappa shape index (κ2) is 6.53. The van der Waals surface area contributed by atoms with Crippen LogP contribution in [0.4, 0.5) is 4.79 Å². The van der Waals surface area contributed by atoms with E-state index in [9.17, 15) is 13.2 Å². The van der Waals surface area contributed by atoms with Crippen molar-refractivity contribution >= 4 is 16.3 Å². The fraction of sp³-hybridized carbons (Fsp3) is 0.909. The molecule has 112 valence electrons. The van der Waals surface area contributed by atoms with Crippen LogP contribution in [0, 0.1) is 0 Å². The molecule has 1 aliphatic carbocycles. The van der Waals surface area contributed by atoms with Crippen molar-refractivity contribution in [2.45, 2.75) is 44.1 Å². The maximum absolute atomic E-state index is 12.1. The molecule has 1 saturated carbocycles. The van der Waals surface area contributed by atoms with Crippen molar-refractivity contribution in [1.29, 1.82) is 0 Å². The summed E-state index contributed by atoms with van der Waals surface area (Å²) < 4.78 is 31.7. The standard InChI is InChI=1S/C11H23N3O4S/c1-14(19(16,17)13-10(15)18-2)11(9-12)7-5-3-4-6-8-11/h3-9,12H2,1-2H3,(H,13,15). The van der Waals surface area contributed by atoms with Gasteiger partial charge in [-0.25, -0.2) is 9.52 Å². The summed E-state index contributed by atoms with van der Waals surface area (Å²) in [5.41, 5.74) is 5.20. The first-order chi connectivity index (χ1) is 8.88. The van der Waals surface area contributed by atoms with E-state index in [1.807, 2.05) is 4.72 Å². The molecule has 0 heterocycles. The molecule has 0 saturated heterocycles. The number of nitrogens with zero attached hydrogens (tertiary/aromatic N) is 1.